The maximum atomic E-state index is 13.2. The molecule has 17 heavy (non-hydrogen) atoms. The Bertz CT molecular complexity index is 517. The highest BCUT2D eigenvalue weighted by molar-refractivity contribution is 5.28. The lowest BCUT2D eigenvalue weighted by molar-refractivity contribution is 0.421. The lowest BCUT2D eigenvalue weighted by atomic mass is 10.3. The largest absolute Gasteiger partial charge is 0.434 e. The zero-order valence-corrected chi connectivity index (χ0v) is 8.73. The number of nitrogens with zero attached hydrogens (tertiary/aromatic N) is 2. The van der Waals surface area contributed by atoms with Crippen LogP contribution < -0.4 is 10.5 Å². The van der Waals surface area contributed by atoms with Gasteiger partial charge in [-0.15, -0.1) is 0 Å². The second kappa shape index (κ2) is 4.84. The van der Waals surface area contributed by atoms with Gasteiger partial charge in [0.05, 0.1) is 18.1 Å². The third-order valence-corrected chi connectivity index (χ3v) is 2.00. The Morgan fingerprint density at radius 2 is 2.00 bits per heavy atom. The maximum absolute atomic E-state index is 13.2. The Kier molecular flexibility index (Phi) is 3.24. The monoisotopic (exact) mass is 237 g/mol. The number of halogens is 2. The van der Waals surface area contributed by atoms with Gasteiger partial charge in [-0.3, -0.25) is 4.98 Å². The third-order valence-electron chi connectivity index (χ3n) is 2.00. The number of benzene rings is 1. The molecule has 1 aromatic carbocycles. The summed E-state index contributed by atoms with van der Waals surface area (Å²) in [6, 6.07) is 3.01. The Hall–Kier alpha value is -2.08. The third kappa shape index (κ3) is 2.73. The summed E-state index contributed by atoms with van der Waals surface area (Å²) < 4.78 is 31.0. The van der Waals surface area contributed by atoms with Crippen LogP contribution in [-0.4, -0.2) is 9.97 Å². The van der Waals surface area contributed by atoms with Crippen molar-refractivity contribution in [2.24, 2.45) is 5.73 Å². The van der Waals surface area contributed by atoms with Crippen LogP contribution >= 0.6 is 0 Å². The highest BCUT2D eigenvalue weighted by Crippen LogP contribution is 2.22. The summed E-state index contributed by atoms with van der Waals surface area (Å²) in [7, 11) is 0. The van der Waals surface area contributed by atoms with Crippen LogP contribution in [0.25, 0.3) is 0 Å². The average molecular weight is 237 g/mol. The van der Waals surface area contributed by atoms with Crippen LogP contribution in [0, 0.1) is 11.6 Å². The van der Waals surface area contributed by atoms with Crippen molar-refractivity contribution in [2.75, 3.05) is 0 Å². The molecule has 1 aromatic heterocycles. The number of hydrogen-bond acceptors (Lipinski definition) is 4. The van der Waals surface area contributed by atoms with Gasteiger partial charge in [-0.05, 0) is 12.1 Å². The van der Waals surface area contributed by atoms with Crippen LogP contribution in [0.2, 0.25) is 0 Å². The van der Waals surface area contributed by atoms with Crippen molar-refractivity contribution in [1.29, 1.82) is 0 Å². The molecular formula is C11H9F2N3O. The molecule has 1 heterocycles. The molecule has 0 amide bonds. The molecule has 0 fully saturated rings. The van der Waals surface area contributed by atoms with Crippen molar-refractivity contribution in [3.8, 4) is 11.6 Å². The van der Waals surface area contributed by atoms with Crippen molar-refractivity contribution in [3.63, 3.8) is 0 Å². The minimum Gasteiger partial charge on any atom is -0.434 e. The number of aromatic nitrogens is 2. The molecule has 6 heteroatoms. The highest BCUT2D eigenvalue weighted by Gasteiger charge is 2.07. The minimum atomic E-state index is -0.797. The molecule has 0 aliphatic heterocycles. The molecule has 2 N–H and O–H groups in total. The summed E-state index contributed by atoms with van der Waals surface area (Å²) in [4.78, 5) is 7.81. The Morgan fingerprint density at radius 1 is 1.18 bits per heavy atom. The van der Waals surface area contributed by atoms with E-state index in [4.69, 9.17) is 10.5 Å². The van der Waals surface area contributed by atoms with Gasteiger partial charge in [-0.1, -0.05) is 0 Å². The lowest BCUT2D eigenvalue weighted by Gasteiger charge is -2.05. The zero-order valence-electron chi connectivity index (χ0n) is 8.73. The predicted molar refractivity (Wildman–Crippen MR) is 56.4 cm³/mol. The Morgan fingerprint density at radius 3 is 2.59 bits per heavy atom. The first-order valence-electron chi connectivity index (χ1n) is 4.83. The molecule has 0 spiro atoms. The van der Waals surface area contributed by atoms with Gasteiger partial charge in [0, 0.05) is 12.6 Å². The van der Waals surface area contributed by atoms with E-state index in [0.29, 0.717) is 5.69 Å². The fraction of sp³-hybridized carbons (Fsp3) is 0.0909. The van der Waals surface area contributed by atoms with E-state index in [1.807, 2.05) is 0 Å². The van der Waals surface area contributed by atoms with Crippen molar-refractivity contribution in [3.05, 3.63) is 47.9 Å². The zero-order chi connectivity index (χ0) is 12.3. The summed E-state index contributed by atoms with van der Waals surface area (Å²) in [6.45, 7) is 0.262. The average Bonchev–Trinajstić information content (AvgIpc) is 2.34. The van der Waals surface area contributed by atoms with Gasteiger partial charge in [0.25, 0.3) is 0 Å². The fourth-order valence-corrected chi connectivity index (χ4v) is 1.17. The smallest absolute Gasteiger partial charge is 0.237 e. The van der Waals surface area contributed by atoms with Crippen molar-refractivity contribution < 1.29 is 13.5 Å². The molecule has 4 nitrogen and oxygen atoms in total. The summed E-state index contributed by atoms with van der Waals surface area (Å²) in [5, 5.41) is 0. The second-order valence-electron chi connectivity index (χ2n) is 3.23. The summed E-state index contributed by atoms with van der Waals surface area (Å²) in [6.07, 6.45) is 2.75. The van der Waals surface area contributed by atoms with Crippen LogP contribution in [0.15, 0.2) is 30.6 Å². The predicted octanol–water partition coefficient (Wildman–Crippen LogP) is 2.01. The molecule has 88 valence electrons. The SMILES string of the molecule is NCc1cnc(Oc2ccc(F)cc2F)cn1. The van der Waals surface area contributed by atoms with Gasteiger partial charge < -0.3 is 10.5 Å². The molecule has 0 saturated carbocycles. The summed E-state index contributed by atoms with van der Waals surface area (Å²) in [5.41, 5.74) is 5.94. The van der Waals surface area contributed by atoms with E-state index in [9.17, 15) is 8.78 Å². The summed E-state index contributed by atoms with van der Waals surface area (Å²) >= 11 is 0. The van der Waals surface area contributed by atoms with E-state index < -0.39 is 11.6 Å². The van der Waals surface area contributed by atoms with E-state index in [1.54, 1.807) is 0 Å². The molecule has 0 saturated heterocycles. The standard InChI is InChI=1S/C11H9F2N3O/c12-7-1-2-10(9(13)3-7)17-11-6-15-8(4-14)5-16-11/h1-3,5-6H,4,14H2. The fourth-order valence-electron chi connectivity index (χ4n) is 1.17. The van der Waals surface area contributed by atoms with Crippen LogP contribution in [-0.2, 0) is 6.54 Å². The normalized spacial score (nSPS) is 10.3. The van der Waals surface area contributed by atoms with Crippen LogP contribution in [0.5, 0.6) is 11.6 Å². The molecule has 0 aliphatic rings. The van der Waals surface area contributed by atoms with Gasteiger partial charge in [0.15, 0.2) is 11.6 Å². The number of nitrogens with two attached hydrogens (primary N) is 1. The van der Waals surface area contributed by atoms with Gasteiger partial charge >= 0.3 is 0 Å². The van der Waals surface area contributed by atoms with Gasteiger partial charge in [0.2, 0.25) is 5.88 Å². The van der Waals surface area contributed by atoms with Crippen LogP contribution in [0.1, 0.15) is 5.69 Å². The molecule has 0 aliphatic carbocycles. The summed E-state index contributed by atoms with van der Waals surface area (Å²) in [5.74, 6) is -1.46. The molecule has 2 aromatic rings. The van der Waals surface area contributed by atoms with Crippen molar-refractivity contribution >= 4 is 0 Å². The Balaban J connectivity index is 2.19. The first-order chi connectivity index (χ1) is 8.19. The van der Waals surface area contributed by atoms with E-state index in [1.165, 1.54) is 18.5 Å². The van der Waals surface area contributed by atoms with Gasteiger partial charge in [0.1, 0.15) is 5.82 Å². The number of ether oxygens (including phenoxy) is 1. The van der Waals surface area contributed by atoms with Crippen molar-refractivity contribution in [2.45, 2.75) is 6.54 Å². The maximum Gasteiger partial charge on any atom is 0.237 e. The Labute approximate surface area is 96.1 Å². The van der Waals surface area contributed by atoms with Gasteiger partial charge in [-0.2, -0.15) is 0 Å². The lowest BCUT2D eigenvalue weighted by Crippen LogP contribution is -2.00. The van der Waals surface area contributed by atoms with E-state index >= 15 is 0 Å². The quantitative estimate of drug-likeness (QED) is 0.886. The number of rotatable bonds is 3. The van der Waals surface area contributed by atoms with Crippen molar-refractivity contribution in [1.82, 2.24) is 9.97 Å². The van der Waals surface area contributed by atoms with E-state index in [0.717, 1.165) is 12.1 Å². The van der Waals surface area contributed by atoms with E-state index in [2.05, 4.69) is 9.97 Å². The molecule has 2 rings (SSSR count). The molecular weight excluding hydrogens is 228 g/mol. The minimum absolute atomic E-state index is 0.110. The molecule has 0 unspecified atom stereocenters. The van der Waals surface area contributed by atoms with E-state index in [-0.39, 0.29) is 18.2 Å². The van der Waals surface area contributed by atoms with Crippen LogP contribution in [0.3, 0.4) is 0 Å². The van der Waals surface area contributed by atoms with Gasteiger partial charge in [-0.25, -0.2) is 13.8 Å². The molecule has 0 bridgehead atoms. The first-order valence-corrected chi connectivity index (χ1v) is 4.83. The number of hydrogen-bond donors (Lipinski definition) is 1. The molecule has 0 atom stereocenters. The highest BCUT2D eigenvalue weighted by atomic mass is 19.1. The van der Waals surface area contributed by atoms with Crippen LogP contribution in [0.4, 0.5) is 8.78 Å². The topological polar surface area (TPSA) is 61.0 Å². The first kappa shape index (κ1) is 11.4. The second-order valence-corrected chi connectivity index (χ2v) is 3.23. The molecule has 0 radical (unpaired) electrons.